The van der Waals surface area contributed by atoms with Crippen molar-refractivity contribution in [1.82, 2.24) is 25.1 Å². The van der Waals surface area contributed by atoms with Crippen LogP contribution in [0.1, 0.15) is 39.0 Å². The van der Waals surface area contributed by atoms with Crippen LogP contribution < -0.4 is 5.32 Å². The normalized spacial score (nSPS) is 11.0. The van der Waals surface area contributed by atoms with Crippen molar-refractivity contribution in [2.24, 2.45) is 0 Å². The fourth-order valence-electron chi connectivity index (χ4n) is 2.84. The SMILES string of the molecule is Cc1cc(C(=O)O)cc(CNCc2nnc(C)n2Cc2ccc(Cl)c(Cl)c2)n1. The van der Waals surface area contributed by atoms with Crippen molar-refractivity contribution in [3.05, 3.63) is 74.5 Å². The first kappa shape index (κ1) is 20.3. The second-order valence-corrected chi connectivity index (χ2v) is 7.21. The van der Waals surface area contributed by atoms with Crippen molar-refractivity contribution in [1.29, 1.82) is 0 Å². The van der Waals surface area contributed by atoms with Gasteiger partial charge in [0, 0.05) is 12.2 Å². The summed E-state index contributed by atoms with van der Waals surface area (Å²) in [5, 5.41) is 21.8. The van der Waals surface area contributed by atoms with Crippen LogP contribution in [0.2, 0.25) is 10.0 Å². The van der Waals surface area contributed by atoms with Crippen LogP contribution in [0.4, 0.5) is 0 Å². The minimum absolute atomic E-state index is 0.225. The van der Waals surface area contributed by atoms with E-state index in [0.29, 0.717) is 41.1 Å². The van der Waals surface area contributed by atoms with Crippen LogP contribution in [-0.2, 0) is 19.6 Å². The second kappa shape index (κ2) is 8.68. The maximum absolute atomic E-state index is 11.2. The Morgan fingerprint density at radius 1 is 1.11 bits per heavy atom. The van der Waals surface area contributed by atoms with Gasteiger partial charge in [0.1, 0.15) is 11.6 Å². The van der Waals surface area contributed by atoms with E-state index in [2.05, 4.69) is 20.5 Å². The summed E-state index contributed by atoms with van der Waals surface area (Å²) in [5.41, 5.74) is 2.54. The molecule has 0 aliphatic rings. The van der Waals surface area contributed by atoms with E-state index in [1.165, 1.54) is 0 Å². The maximum atomic E-state index is 11.2. The number of nitrogens with one attached hydrogen (secondary N) is 1. The highest BCUT2D eigenvalue weighted by Crippen LogP contribution is 2.23. The first-order valence-corrected chi connectivity index (χ1v) is 9.33. The van der Waals surface area contributed by atoms with E-state index in [0.717, 1.165) is 17.2 Å². The zero-order valence-electron chi connectivity index (χ0n) is 15.4. The average molecular weight is 420 g/mol. The van der Waals surface area contributed by atoms with Gasteiger partial charge >= 0.3 is 5.97 Å². The van der Waals surface area contributed by atoms with E-state index < -0.39 is 5.97 Å². The van der Waals surface area contributed by atoms with Crippen LogP contribution in [0.5, 0.6) is 0 Å². The molecular weight excluding hydrogens is 401 g/mol. The minimum atomic E-state index is -0.969. The molecule has 7 nitrogen and oxygen atoms in total. The first-order chi connectivity index (χ1) is 13.3. The topological polar surface area (TPSA) is 92.9 Å². The molecule has 0 saturated carbocycles. The summed E-state index contributed by atoms with van der Waals surface area (Å²) in [6.07, 6.45) is 0. The van der Waals surface area contributed by atoms with Crippen molar-refractivity contribution in [3.63, 3.8) is 0 Å². The summed E-state index contributed by atoms with van der Waals surface area (Å²) in [4.78, 5) is 15.5. The summed E-state index contributed by atoms with van der Waals surface area (Å²) in [5.74, 6) is 0.572. The van der Waals surface area contributed by atoms with Crippen LogP contribution in [0.25, 0.3) is 0 Å². The van der Waals surface area contributed by atoms with Crippen molar-refractivity contribution in [3.8, 4) is 0 Å². The molecule has 0 amide bonds. The molecule has 0 atom stereocenters. The summed E-state index contributed by atoms with van der Waals surface area (Å²) >= 11 is 12.1. The zero-order valence-corrected chi connectivity index (χ0v) is 16.9. The van der Waals surface area contributed by atoms with Gasteiger partial charge in [0.25, 0.3) is 0 Å². The van der Waals surface area contributed by atoms with E-state index in [4.69, 9.17) is 28.3 Å². The van der Waals surface area contributed by atoms with E-state index in [-0.39, 0.29) is 5.56 Å². The van der Waals surface area contributed by atoms with Crippen LogP contribution >= 0.6 is 23.2 Å². The number of pyridine rings is 1. The molecule has 9 heteroatoms. The van der Waals surface area contributed by atoms with E-state index >= 15 is 0 Å². The highest BCUT2D eigenvalue weighted by atomic mass is 35.5. The number of aromatic nitrogens is 4. The van der Waals surface area contributed by atoms with E-state index in [1.54, 1.807) is 25.1 Å². The number of rotatable bonds is 7. The zero-order chi connectivity index (χ0) is 20.3. The lowest BCUT2D eigenvalue weighted by Crippen LogP contribution is -2.19. The van der Waals surface area contributed by atoms with Crippen LogP contribution in [-0.4, -0.2) is 30.8 Å². The molecule has 146 valence electrons. The van der Waals surface area contributed by atoms with Gasteiger partial charge in [-0.2, -0.15) is 0 Å². The Hall–Kier alpha value is -2.48. The lowest BCUT2D eigenvalue weighted by Gasteiger charge is -2.11. The lowest BCUT2D eigenvalue weighted by molar-refractivity contribution is 0.0696. The molecule has 0 fully saturated rings. The predicted octanol–water partition coefficient (Wildman–Crippen LogP) is 3.63. The van der Waals surface area contributed by atoms with Gasteiger partial charge in [-0.3, -0.25) is 4.98 Å². The van der Waals surface area contributed by atoms with E-state index in [1.807, 2.05) is 23.6 Å². The van der Waals surface area contributed by atoms with Crippen LogP contribution in [0.3, 0.4) is 0 Å². The quantitative estimate of drug-likeness (QED) is 0.607. The number of carboxylic acid groups (broad SMARTS) is 1. The van der Waals surface area contributed by atoms with Gasteiger partial charge in [0.2, 0.25) is 0 Å². The number of carboxylic acids is 1. The minimum Gasteiger partial charge on any atom is -0.478 e. The Balaban J connectivity index is 1.69. The third-order valence-electron chi connectivity index (χ3n) is 4.18. The van der Waals surface area contributed by atoms with Gasteiger partial charge in [-0.05, 0) is 43.7 Å². The summed E-state index contributed by atoms with van der Waals surface area (Å²) in [6.45, 7) is 5.10. The smallest absolute Gasteiger partial charge is 0.335 e. The molecule has 3 rings (SSSR count). The number of nitrogens with zero attached hydrogens (tertiary/aromatic N) is 4. The molecule has 28 heavy (non-hydrogen) atoms. The molecule has 2 aromatic heterocycles. The molecule has 1 aromatic carbocycles. The van der Waals surface area contributed by atoms with Gasteiger partial charge in [-0.1, -0.05) is 29.3 Å². The first-order valence-electron chi connectivity index (χ1n) is 8.57. The van der Waals surface area contributed by atoms with Gasteiger partial charge in [0.15, 0.2) is 0 Å². The molecule has 3 aromatic rings. The monoisotopic (exact) mass is 419 g/mol. The summed E-state index contributed by atoms with van der Waals surface area (Å²) in [7, 11) is 0. The van der Waals surface area contributed by atoms with Crippen molar-refractivity contribution < 1.29 is 9.90 Å². The van der Waals surface area contributed by atoms with Gasteiger partial charge < -0.3 is 15.0 Å². The van der Waals surface area contributed by atoms with Crippen LogP contribution in [0.15, 0.2) is 30.3 Å². The fourth-order valence-corrected chi connectivity index (χ4v) is 3.16. The Labute approximate surface area is 172 Å². The van der Waals surface area contributed by atoms with Gasteiger partial charge in [-0.15, -0.1) is 10.2 Å². The third kappa shape index (κ3) is 4.86. The summed E-state index contributed by atoms with van der Waals surface area (Å²) in [6, 6.07) is 8.61. The number of hydrogen-bond donors (Lipinski definition) is 2. The summed E-state index contributed by atoms with van der Waals surface area (Å²) < 4.78 is 1.99. The molecule has 0 aliphatic heterocycles. The standard InChI is InChI=1S/C19H19Cl2N5O2/c1-11-5-14(19(27)28)7-15(23-11)8-22-9-18-25-24-12(2)26(18)10-13-3-4-16(20)17(21)6-13/h3-7,22H,8-10H2,1-2H3,(H,27,28). The number of aromatic carboxylic acids is 1. The number of halogens is 2. The Kier molecular flexibility index (Phi) is 6.28. The number of hydrogen-bond acceptors (Lipinski definition) is 5. The number of carbonyl (C=O) groups is 1. The third-order valence-corrected chi connectivity index (χ3v) is 4.92. The van der Waals surface area contributed by atoms with Gasteiger partial charge in [-0.25, -0.2) is 4.79 Å². The highest BCUT2D eigenvalue weighted by molar-refractivity contribution is 6.42. The molecular formula is C19H19Cl2N5O2. The van der Waals surface area contributed by atoms with Gasteiger partial charge in [0.05, 0.1) is 34.4 Å². The fraction of sp³-hybridized carbons (Fsp3) is 0.263. The van der Waals surface area contributed by atoms with E-state index in [9.17, 15) is 4.79 Å². The largest absolute Gasteiger partial charge is 0.478 e. The lowest BCUT2D eigenvalue weighted by atomic mass is 10.2. The van der Waals surface area contributed by atoms with Crippen molar-refractivity contribution in [2.75, 3.05) is 0 Å². The molecule has 0 bridgehead atoms. The van der Waals surface area contributed by atoms with Crippen molar-refractivity contribution >= 4 is 29.2 Å². The predicted molar refractivity (Wildman–Crippen MR) is 107 cm³/mol. The molecule has 0 saturated heterocycles. The van der Waals surface area contributed by atoms with Crippen LogP contribution in [0, 0.1) is 13.8 Å². The Bertz CT molecular complexity index is 1020. The average Bonchev–Trinajstić information content (AvgIpc) is 2.98. The van der Waals surface area contributed by atoms with Crippen molar-refractivity contribution in [2.45, 2.75) is 33.5 Å². The number of aryl methyl sites for hydroxylation is 2. The Morgan fingerprint density at radius 2 is 1.89 bits per heavy atom. The highest BCUT2D eigenvalue weighted by Gasteiger charge is 2.11. The molecule has 0 aliphatic carbocycles. The molecule has 2 heterocycles. The maximum Gasteiger partial charge on any atom is 0.335 e. The molecule has 0 spiro atoms. The Morgan fingerprint density at radius 3 is 2.61 bits per heavy atom. The molecule has 0 unspecified atom stereocenters. The molecule has 2 N–H and O–H groups in total. The number of benzene rings is 1. The second-order valence-electron chi connectivity index (χ2n) is 6.40. The molecule has 0 radical (unpaired) electrons.